The molecular weight excluding hydrogens is 204 g/mol. The first-order valence-electron chi connectivity index (χ1n) is 5.71. The third kappa shape index (κ3) is 6.13. The van der Waals surface area contributed by atoms with E-state index in [0.29, 0.717) is 0 Å². The van der Waals surface area contributed by atoms with E-state index in [1.807, 2.05) is 6.08 Å². The minimum absolute atomic E-state index is 0.107. The molecule has 0 radical (unpaired) electrons. The van der Waals surface area contributed by atoms with Gasteiger partial charge in [0, 0.05) is 17.2 Å². The highest BCUT2D eigenvalue weighted by molar-refractivity contribution is 6.48. The van der Waals surface area contributed by atoms with Crippen LogP contribution in [0.1, 0.15) is 48.0 Å². The number of rotatable bonds is 7. The molecule has 90 valence electrons. The summed E-state index contributed by atoms with van der Waals surface area (Å²) >= 11 is 0. The zero-order chi connectivity index (χ0) is 12.1. The molecule has 0 spiro atoms. The smallest absolute Gasteiger partial charge is 0.328 e. The minimum atomic E-state index is -1.65. The normalized spacial score (nSPS) is 12.9. The average molecular weight is 230 g/mol. The van der Waals surface area contributed by atoms with Gasteiger partial charge in [-0.15, -0.1) is 6.58 Å². The van der Waals surface area contributed by atoms with Crippen LogP contribution in [0.25, 0.3) is 0 Å². The van der Waals surface area contributed by atoms with E-state index in [1.54, 1.807) is 0 Å². The monoisotopic (exact) mass is 230 g/mol. The van der Waals surface area contributed by atoms with Crippen LogP contribution in [-0.2, 0) is 8.85 Å². The molecule has 0 atom stereocenters. The third-order valence-corrected chi connectivity index (χ3v) is 5.19. The lowest BCUT2D eigenvalue weighted by atomic mass is 10.1. The van der Waals surface area contributed by atoms with Crippen LogP contribution in [0, 0.1) is 0 Å². The van der Waals surface area contributed by atoms with Crippen molar-refractivity contribution in [3.05, 3.63) is 12.7 Å². The van der Waals surface area contributed by atoms with Crippen molar-refractivity contribution in [1.29, 1.82) is 0 Å². The summed E-state index contributed by atoms with van der Waals surface area (Å²) in [4.78, 5) is 0. The SMILES string of the molecule is C=CCC(C)(C)[SiH](OC(C)C)OC(C)C. The van der Waals surface area contributed by atoms with E-state index in [0.717, 1.165) is 6.42 Å². The van der Waals surface area contributed by atoms with Crippen molar-refractivity contribution in [3.8, 4) is 0 Å². The summed E-state index contributed by atoms with van der Waals surface area (Å²) in [7, 11) is -1.65. The number of hydrogen-bond donors (Lipinski definition) is 0. The van der Waals surface area contributed by atoms with Crippen molar-refractivity contribution in [1.82, 2.24) is 0 Å². The molecule has 0 heterocycles. The van der Waals surface area contributed by atoms with Crippen molar-refractivity contribution in [2.45, 2.75) is 65.2 Å². The van der Waals surface area contributed by atoms with E-state index < -0.39 is 9.28 Å². The molecule has 15 heavy (non-hydrogen) atoms. The minimum Gasteiger partial charge on any atom is -0.394 e. The number of allylic oxidation sites excluding steroid dienone is 1. The van der Waals surface area contributed by atoms with Gasteiger partial charge in [-0.2, -0.15) is 0 Å². The topological polar surface area (TPSA) is 18.5 Å². The second kappa shape index (κ2) is 6.46. The summed E-state index contributed by atoms with van der Waals surface area (Å²) in [5.41, 5.74) is 0. The lowest BCUT2D eigenvalue weighted by Gasteiger charge is -2.33. The Kier molecular flexibility index (Phi) is 6.40. The molecule has 0 saturated heterocycles. The van der Waals surface area contributed by atoms with Crippen molar-refractivity contribution in [2.24, 2.45) is 0 Å². The van der Waals surface area contributed by atoms with E-state index in [2.05, 4.69) is 48.1 Å². The van der Waals surface area contributed by atoms with Crippen LogP contribution in [0.5, 0.6) is 0 Å². The molecule has 2 nitrogen and oxygen atoms in total. The van der Waals surface area contributed by atoms with Crippen LogP contribution < -0.4 is 0 Å². The predicted molar refractivity (Wildman–Crippen MR) is 68.4 cm³/mol. The van der Waals surface area contributed by atoms with Gasteiger partial charge < -0.3 is 8.85 Å². The van der Waals surface area contributed by atoms with Gasteiger partial charge in [0.25, 0.3) is 0 Å². The van der Waals surface area contributed by atoms with Gasteiger partial charge in [0.1, 0.15) is 0 Å². The fourth-order valence-corrected chi connectivity index (χ4v) is 3.51. The fourth-order valence-electron chi connectivity index (χ4n) is 1.36. The lowest BCUT2D eigenvalue weighted by molar-refractivity contribution is 0.113. The second-order valence-corrected chi connectivity index (χ2v) is 7.95. The van der Waals surface area contributed by atoms with Gasteiger partial charge in [-0.05, 0) is 34.1 Å². The Morgan fingerprint density at radius 1 is 1.13 bits per heavy atom. The molecule has 0 N–H and O–H groups in total. The predicted octanol–water partition coefficient (Wildman–Crippen LogP) is 3.41. The molecule has 3 heteroatoms. The molecular formula is C12H26O2Si. The van der Waals surface area contributed by atoms with Crippen molar-refractivity contribution in [2.75, 3.05) is 0 Å². The Morgan fingerprint density at radius 3 is 1.80 bits per heavy atom. The Morgan fingerprint density at radius 2 is 1.53 bits per heavy atom. The van der Waals surface area contributed by atoms with Crippen LogP contribution in [0.4, 0.5) is 0 Å². The summed E-state index contributed by atoms with van der Waals surface area (Å²) in [5, 5.41) is 0.107. The first-order chi connectivity index (χ1) is 6.79. The zero-order valence-electron chi connectivity index (χ0n) is 11.0. The summed E-state index contributed by atoms with van der Waals surface area (Å²) in [6.45, 7) is 16.5. The van der Waals surface area contributed by atoms with Crippen LogP contribution in [0.15, 0.2) is 12.7 Å². The van der Waals surface area contributed by atoms with Crippen molar-refractivity contribution in [3.63, 3.8) is 0 Å². The molecule has 0 aromatic rings. The molecule has 0 saturated carbocycles. The summed E-state index contributed by atoms with van der Waals surface area (Å²) in [5.74, 6) is 0. The molecule has 0 bridgehead atoms. The standard InChI is InChI=1S/C12H26O2Si/c1-8-9-12(6,7)15(13-10(2)3)14-11(4)5/h8,10-11,15H,1,9H2,2-7H3. The van der Waals surface area contributed by atoms with Gasteiger partial charge in [-0.3, -0.25) is 0 Å². The summed E-state index contributed by atoms with van der Waals surface area (Å²) in [6, 6.07) is 0. The average Bonchev–Trinajstić information content (AvgIpc) is 2.00. The van der Waals surface area contributed by atoms with Gasteiger partial charge >= 0.3 is 9.28 Å². The van der Waals surface area contributed by atoms with Gasteiger partial charge in [-0.1, -0.05) is 19.9 Å². The Bertz CT molecular complexity index is 178. The van der Waals surface area contributed by atoms with Gasteiger partial charge in [0.05, 0.1) is 0 Å². The first-order valence-corrected chi connectivity index (χ1v) is 7.23. The first kappa shape index (κ1) is 14.9. The molecule has 0 aromatic heterocycles. The molecule has 0 aliphatic carbocycles. The van der Waals surface area contributed by atoms with E-state index in [1.165, 1.54) is 0 Å². The molecule has 0 amide bonds. The Balaban J connectivity index is 4.51. The van der Waals surface area contributed by atoms with Crippen LogP contribution in [0.2, 0.25) is 5.04 Å². The third-order valence-electron chi connectivity index (χ3n) is 2.10. The Hall–Kier alpha value is -0.123. The maximum atomic E-state index is 5.95. The van der Waals surface area contributed by atoms with E-state index in [9.17, 15) is 0 Å². The number of hydrogen-bond acceptors (Lipinski definition) is 2. The molecule has 0 aliphatic heterocycles. The van der Waals surface area contributed by atoms with Crippen LogP contribution in [-0.4, -0.2) is 21.5 Å². The van der Waals surface area contributed by atoms with Crippen molar-refractivity contribution < 1.29 is 8.85 Å². The van der Waals surface area contributed by atoms with E-state index in [-0.39, 0.29) is 17.2 Å². The zero-order valence-corrected chi connectivity index (χ0v) is 12.2. The maximum Gasteiger partial charge on any atom is 0.328 e. The highest BCUT2D eigenvalue weighted by Crippen LogP contribution is 2.35. The maximum absolute atomic E-state index is 5.95. The summed E-state index contributed by atoms with van der Waals surface area (Å²) < 4.78 is 11.9. The molecule has 0 unspecified atom stereocenters. The molecule has 0 fully saturated rings. The molecule has 0 rings (SSSR count). The van der Waals surface area contributed by atoms with Gasteiger partial charge in [0.2, 0.25) is 0 Å². The van der Waals surface area contributed by atoms with Crippen LogP contribution >= 0.6 is 0 Å². The fraction of sp³-hybridized carbons (Fsp3) is 0.833. The highest BCUT2D eigenvalue weighted by atomic mass is 28.3. The van der Waals surface area contributed by atoms with Crippen LogP contribution in [0.3, 0.4) is 0 Å². The van der Waals surface area contributed by atoms with Crippen molar-refractivity contribution >= 4 is 9.28 Å². The largest absolute Gasteiger partial charge is 0.394 e. The lowest BCUT2D eigenvalue weighted by Crippen LogP contribution is -2.38. The van der Waals surface area contributed by atoms with Gasteiger partial charge in [0.15, 0.2) is 0 Å². The Labute approximate surface area is 96.5 Å². The highest BCUT2D eigenvalue weighted by Gasteiger charge is 2.34. The molecule has 0 aliphatic rings. The van der Waals surface area contributed by atoms with Gasteiger partial charge in [-0.25, -0.2) is 0 Å². The molecule has 0 aromatic carbocycles. The quantitative estimate of drug-likeness (QED) is 0.493. The summed E-state index contributed by atoms with van der Waals surface area (Å²) in [6.07, 6.45) is 3.38. The van der Waals surface area contributed by atoms with E-state index in [4.69, 9.17) is 8.85 Å². The second-order valence-electron chi connectivity index (χ2n) is 5.18. The van der Waals surface area contributed by atoms with E-state index >= 15 is 0 Å².